The zero-order chi connectivity index (χ0) is 33.0. The number of rotatable bonds is 4. The maximum Gasteiger partial charge on any atom is 0.418 e. The number of halogens is 5. The van der Waals surface area contributed by atoms with E-state index < -0.39 is 29.0 Å². The second-order valence-corrected chi connectivity index (χ2v) is 12.4. The van der Waals surface area contributed by atoms with Crippen LogP contribution in [-0.2, 0) is 10.9 Å². The van der Waals surface area contributed by atoms with Crippen LogP contribution in [0.25, 0.3) is 22.5 Å². The van der Waals surface area contributed by atoms with Crippen LogP contribution < -0.4 is 15.8 Å². The van der Waals surface area contributed by atoms with E-state index in [4.69, 9.17) is 27.9 Å². The van der Waals surface area contributed by atoms with Crippen molar-refractivity contribution >= 4 is 63.4 Å². The Labute approximate surface area is 270 Å². The van der Waals surface area contributed by atoms with Crippen molar-refractivity contribution in [3.05, 3.63) is 81.0 Å². The molecule has 3 aromatic heterocycles. The third-order valence-electron chi connectivity index (χ3n) is 7.24. The highest BCUT2D eigenvalue weighted by Gasteiger charge is 2.36. The van der Waals surface area contributed by atoms with Crippen LogP contribution in [0.15, 0.2) is 59.8 Å². The molecular weight excluding hydrogens is 648 g/mol. The van der Waals surface area contributed by atoms with Gasteiger partial charge in [0, 0.05) is 56.1 Å². The minimum atomic E-state index is -4.67. The van der Waals surface area contributed by atoms with Crippen molar-refractivity contribution in [1.29, 1.82) is 0 Å². The van der Waals surface area contributed by atoms with E-state index in [2.05, 4.69) is 20.3 Å². The number of carbonyl (C=O) groups excluding carboxylic acids is 1. The minimum Gasteiger partial charge on any atom is -0.444 e. The quantitative estimate of drug-likeness (QED) is 0.228. The number of imidazole rings is 1. The number of para-hydroxylation sites is 1. The lowest BCUT2D eigenvalue weighted by Crippen LogP contribution is -2.50. The molecule has 0 bridgehead atoms. The van der Waals surface area contributed by atoms with Crippen LogP contribution in [0.3, 0.4) is 0 Å². The summed E-state index contributed by atoms with van der Waals surface area (Å²) in [6, 6.07) is 8.67. The van der Waals surface area contributed by atoms with Gasteiger partial charge in [0.05, 0.1) is 21.3 Å². The van der Waals surface area contributed by atoms with Crippen molar-refractivity contribution in [2.45, 2.75) is 32.5 Å². The normalized spacial score (nSPS) is 14.3. The predicted octanol–water partition coefficient (Wildman–Crippen LogP) is 6.55. The van der Waals surface area contributed by atoms with E-state index >= 15 is 0 Å². The first-order valence-corrected chi connectivity index (χ1v) is 14.9. The van der Waals surface area contributed by atoms with Gasteiger partial charge >= 0.3 is 12.3 Å². The molecule has 11 nitrogen and oxygen atoms in total. The molecule has 0 aliphatic carbocycles. The van der Waals surface area contributed by atoms with E-state index in [-0.39, 0.29) is 76.0 Å². The lowest BCUT2D eigenvalue weighted by molar-refractivity contribution is -0.137. The summed E-state index contributed by atoms with van der Waals surface area (Å²) in [6.07, 6.45) is -0.858. The Morgan fingerprint density at radius 3 is 2.35 bits per heavy atom. The number of aromatic nitrogens is 5. The largest absolute Gasteiger partial charge is 0.444 e. The first-order chi connectivity index (χ1) is 21.7. The number of benzene rings is 2. The zero-order valence-electron chi connectivity index (χ0n) is 24.8. The number of fused-ring (bicyclic) bond motifs is 3. The molecule has 1 amide bonds. The molecule has 0 spiro atoms. The zero-order valence-corrected chi connectivity index (χ0v) is 26.3. The molecule has 16 heteroatoms. The second kappa shape index (κ2) is 11.7. The van der Waals surface area contributed by atoms with E-state index in [1.165, 1.54) is 38.4 Å². The Hall–Kier alpha value is -4.56. The van der Waals surface area contributed by atoms with Crippen LogP contribution in [-0.4, -0.2) is 66.7 Å². The van der Waals surface area contributed by atoms with Crippen molar-refractivity contribution in [2.75, 3.05) is 36.4 Å². The number of nitrogens with one attached hydrogen (secondary N) is 1. The smallest absolute Gasteiger partial charge is 0.418 e. The van der Waals surface area contributed by atoms with Gasteiger partial charge in [0.15, 0.2) is 5.65 Å². The van der Waals surface area contributed by atoms with Gasteiger partial charge < -0.3 is 19.9 Å². The molecule has 1 aliphatic heterocycles. The van der Waals surface area contributed by atoms with Crippen molar-refractivity contribution in [2.24, 2.45) is 0 Å². The number of alkyl halides is 3. The fourth-order valence-corrected chi connectivity index (χ4v) is 5.78. The molecule has 240 valence electrons. The molecule has 2 aromatic carbocycles. The lowest BCUT2D eigenvalue weighted by atomic mass is 10.1. The standard InChI is InChI=1S/C30H27Cl2F3N8O3/c1-29(2,3)46-28(45)41-13-11-40(12-14-41)22-8-7-17(15-19(22)30(33,34)35)38-26-37-16-18-24(39-26)42-10-9-36-27(42)43(25(18)44)23-20(31)5-4-6-21(23)32/h4-10,15-16H,11-14H2,1-3H3,(H,37,38,39). The summed E-state index contributed by atoms with van der Waals surface area (Å²) in [7, 11) is 0. The molecule has 0 saturated carbocycles. The average Bonchev–Trinajstić information content (AvgIpc) is 3.47. The highest BCUT2D eigenvalue weighted by molar-refractivity contribution is 6.37. The van der Waals surface area contributed by atoms with Crippen molar-refractivity contribution in [3.8, 4) is 5.69 Å². The Morgan fingerprint density at radius 2 is 1.70 bits per heavy atom. The summed E-state index contributed by atoms with van der Waals surface area (Å²) >= 11 is 12.8. The summed E-state index contributed by atoms with van der Waals surface area (Å²) in [5, 5.41) is 3.39. The van der Waals surface area contributed by atoms with E-state index in [1.807, 2.05) is 0 Å². The van der Waals surface area contributed by atoms with Gasteiger partial charge in [-0.25, -0.2) is 19.3 Å². The summed E-state index contributed by atoms with van der Waals surface area (Å²) in [5.74, 6) is 0.134. The molecule has 5 aromatic rings. The number of ether oxygens (including phenoxy) is 1. The van der Waals surface area contributed by atoms with Gasteiger partial charge in [-0.3, -0.25) is 9.20 Å². The summed E-state index contributed by atoms with van der Waals surface area (Å²) < 4.78 is 51.1. The second-order valence-electron chi connectivity index (χ2n) is 11.5. The van der Waals surface area contributed by atoms with Gasteiger partial charge in [-0.15, -0.1) is 0 Å². The molecule has 1 saturated heterocycles. The fraction of sp³-hybridized carbons (Fsp3) is 0.300. The van der Waals surface area contributed by atoms with Crippen LogP contribution in [0.5, 0.6) is 0 Å². The highest BCUT2D eigenvalue weighted by Crippen LogP contribution is 2.39. The lowest BCUT2D eigenvalue weighted by Gasteiger charge is -2.37. The molecule has 4 heterocycles. The van der Waals surface area contributed by atoms with Gasteiger partial charge in [-0.1, -0.05) is 29.3 Å². The van der Waals surface area contributed by atoms with Gasteiger partial charge in [-0.2, -0.15) is 18.2 Å². The van der Waals surface area contributed by atoms with Crippen LogP contribution in [0.2, 0.25) is 10.0 Å². The monoisotopic (exact) mass is 674 g/mol. The molecule has 0 radical (unpaired) electrons. The third kappa shape index (κ3) is 6.01. The van der Waals surface area contributed by atoms with E-state index in [0.29, 0.717) is 0 Å². The van der Waals surface area contributed by atoms with Crippen LogP contribution in [0.4, 0.5) is 35.3 Å². The molecule has 0 atom stereocenters. The highest BCUT2D eigenvalue weighted by atomic mass is 35.5. The predicted molar refractivity (Wildman–Crippen MR) is 169 cm³/mol. The molecule has 1 fully saturated rings. The number of carbonyl (C=O) groups is 1. The first-order valence-electron chi connectivity index (χ1n) is 14.1. The minimum absolute atomic E-state index is 0.0137. The number of anilines is 3. The van der Waals surface area contributed by atoms with E-state index in [0.717, 1.165) is 6.07 Å². The molecule has 1 N–H and O–H groups in total. The third-order valence-corrected chi connectivity index (χ3v) is 7.85. The maximum atomic E-state index is 14.3. The van der Waals surface area contributed by atoms with E-state index in [1.54, 1.807) is 50.1 Å². The molecule has 1 aliphatic rings. The molecule has 0 unspecified atom stereocenters. The summed E-state index contributed by atoms with van der Waals surface area (Å²) in [4.78, 5) is 42.1. The first kappa shape index (κ1) is 31.4. The fourth-order valence-electron chi connectivity index (χ4n) is 5.21. The van der Waals surface area contributed by atoms with Gasteiger partial charge in [0.1, 0.15) is 11.0 Å². The number of amides is 1. The van der Waals surface area contributed by atoms with Crippen molar-refractivity contribution in [3.63, 3.8) is 0 Å². The molecular formula is C30H27Cl2F3N8O3. The Balaban J connectivity index is 1.30. The van der Waals surface area contributed by atoms with Gasteiger partial charge in [-0.05, 0) is 51.1 Å². The number of hydrogen-bond donors (Lipinski definition) is 1. The topological polar surface area (TPSA) is 110 Å². The Bertz CT molecular complexity index is 2010. The average molecular weight is 675 g/mol. The van der Waals surface area contributed by atoms with Crippen molar-refractivity contribution in [1.82, 2.24) is 28.8 Å². The Morgan fingerprint density at radius 1 is 1.00 bits per heavy atom. The van der Waals surface area contributed by atoms with Crippen LogP contribution in [0, 0.1) is 0 Å². The molecule has 46 heavy (non-hydrogen) atoms. The maximum absolute atomic E-state index is 14.3. The molecule has 6 rings (SSSR count). The van der Waals surface area contributed by atoms with Gasteiger partial charge in [0.25, 0.3) is 5.56 Å². The summed E-state index contributed by atoms with van der Waals surface area (Å²) in [5.41, 5.74) is -1.59. The number of hydrogen-bond acceptors (Lipinski definition) is 8. The van der Waals surface area contributed by atoms with Crippen LogP contribution >= 0.6 is 23.2 Å². The summed E-state index contributed by atoms with van der Waals surface area (Å²) in [6.45, 7) is 6.07. The number of nitrogens with zero attached hydrogens (tertiary/aromatic N) is 7. The van der Waals surface area contributed by atoms with Gasteiger partial charge in [0.2, 0.25) is 11.7 Å². The SMILES string of the molecule is CC(C)(C)OC(=O)N1CCN(c2ccc(Nc3ncc4c(=O)n(-c5c(Cl)cccc5Cl)c5nccn5c4n3)cc2C(F)(F)F)CC1. The van der Waals surface area contributed by atoms with Crippen LogP contribution in [0.1, 0.15) is 26.3 Å². The van der Waals surface area contributed by atoms with E-state index in [9.17, 15) is 22.8 Å². The Kier molecular flexibility index (Phi) is 7.97. The number of piperazine rings is 1. The van der Waals surface area contributed by atoms with Crippen molar-refractivity contribution < 1.29 is 22.7 Å².